The maximum atomic E-state index is 6.09. The van der Waals surface area contributed by atoms with Crippen LogP contribution in [0.25, 0.3) is 0 Å². The molecule has 0 atom stereocenters. The summed E-state index contributed by atoms with van der Waals surface area (Å²) in [4.78, 5) is 9.07. The molecule has 4 nitrogen and oxygen atoms in total. The van der Waals surface area contributed by atoms with Gasteiger partial charge < -0.3 is 11.1 Å². The van der Waals surface area contributed by atoms with Crippen LogP contribution in [0.5, 0.6) is 0 Å². The van der Waals surface area contributed by atoms with Crippen molar-refractivity contribution in [3.8, 4) is 0 Å². The fourth-order valence-corrected chi connectivity index (χ4v) is 3.39. The van der Waals surface area contributed by atoms with Gasteiger partial charge in [0, 0.05) is 17.3 Å². The highest BCUT2D eigenvalue weighted by atomic mass is 127. The monoisotopic (exact) mass is 450 g/mol. The van der Waals surface area contributed by atoms with Crippen molar-refractivity contribution in [2.24, 2.45) is 10.7 Å². The van der Waals surface area contributed by atoms with Crippen LogP contribution in [0.1, 0.15) is 42.7 Å². The molecule has 0 bridgehead atoms. The third kappa shape index (κ3) is 4.71. The van der Waals surface area contributed by atoms with Crippen molar-refractivity contribution < 1.29 is 0 Å². The quantitative estimate of drug-likeness (QED) is 0.417. The number of nitrogens with zero attached hydrogens (tertiary/aromatic N) is 2. The third-order valence-corrected chi connectivity index (χ3v) is 4.67. The number of nitrogens with two attached hydrogens (primary N) is 1. The summed E-state index contributed by atoms with van der Waals surface area (Å²) in [5.41, 5.74) is 12.1. The van der Waals surface area contributed by atoms with E-state index in [1.165, 1.54) is 29.5 Å². The van der Waals surface area contributed by atoms with E-state index in [4.69, 9.17) is 5.73 Å². The first kappa shape index (κ1) is 19.7. The van der Waals surface area contributed by atoms with Crippen molar-refractivity contribution in [3.05, 3.63) is 58.9 Å². The summed E-state index contributed by atoms with van der Waals surface area (Å²) in [5, 5.41) is 3.22. The van der Waals surface area contributed by atoms with Gasteiger partial charge in [-0.25, -0.2) is 0 Å². The second-order valence-electron chi connectivity index (χ2n) is 7.22. The number of aryl methyl sites for hydroxylation is 3. The zero-order valence-electron chi connectivity index (χ0n) is 15.2. The van der Waals surface area contributed by atoms with Gasteiger partial charge in [0.15, 0.2) is 5.96 Å². The Morgan fingerprint density at radius 1 is 1.24 bits per heavy atom. The number of hydrogen-bond donors (Lipinski definition) is 2. The molecule has 0 saturated carbocycles. The largest absolute Gasteiger partial charge is 0.370 e. The van der Waals surface area contributed by atoms with Crippen LogP contribution in [0.3, 0.4) is 0 Å². The van der Waals surface area contributed by atoms with Gasteiger partial charge in [-0.1, -0.05) is 26.0 Å². The topological polar surface area (TPSA) is 63.3 Å². The van der Waals surface area contributed by atoms with Crippen LogP contribution in [-0.2, 0) is 18.3 Å². The average molecular weight is 450 g/mol. The lowest BCUT2D eigenvalue weighted by atomic mass is 9.86. The summed E-state index contributed by atoms with van der Waals surface area (Å²) in [6, 6.07) is 10.5. The number of guanidine groups is 1. The smallest absolute Gasteiger partial charge is 0.193 e. The Hall–Kier alpha value is -1.63. The molecule has 0 fully saturated rings. The van der Waals surface area contributed by atoms with E-state index in [-0.39, 0.29) is 29.4 Å². The van der Waals surface area contributed by atoms with E-state index < -0.39 is 0 Å². The second-order valence-corrected chi connectivity index (χ2v) is 7.22. The Kier molecular flexibility index (Phi) is 6.43. The van der Waals surface area contributed by atoms with Crippen LogP contribution in [0, 0.1) is 6.92 Å². The number of hydrogen-bond acceptors (Lipinski definition) is 2. The van der Waals surface area contributed by atoms with E-state index in [9.17, 15) is 0 Å². The predicted octanol–water partition coefficient (Wildman–Crippen LogP) is 4.20. The van der Waals surface area contributed by atoms with Crippen molar-refractivity contribution in [2.75, 3.05) is 11.9 Å². The third-order valence-electron chi connectivity index (χ3n) is 4.67. The van der Waals surface area contributed by atoms with Gasteiger partial charge in [0.1, 0.15) is 0 Å². The van der Waals surface area contributed by atoms with Gasteiger partial charge in [0.25, 0.3) is 0 Å². The van der Waals surface area contributed by atoms with Crippen LogP contribution >= 0.6 is 24.0 Å². The Bertz CT molecular complexity index is 768. The van der Waals surface area contributed by atoms with E-state index in [0.29, 0.717) is 12.5 Å². The maximum absolute atomic E-state index is 6.09. The number of anilines is 1. The molecule has 1 aromatic heterocycles. The molecule has 3 rings (SSSR count). The van der Waals surface area contributed by atoms with E-state index in [1.807, 2.05) is 12.3 Å². The average Bonchev–Trinajstić information content (AvgIpc) is 3.01. The first-order valence-corrected chi connectivity index (χ1v) is 8.56. The molecule has 2 aromatic rings. The lowest BCUT2D eigenvalue weighted by molar-refractivity contribution is 0.519. The Labute approximate surface area is 167 Å². The number of halogens is 1. The molecule has 5 heteroatoms. The molecule has 0 aliphatic heterocycles. The summed E-state index contributed by atoms with van der Waals surface area (Å²) in [5.74, 6) is 0.453. The first-order valence-electron chi connectivity index (χ1n) is 8.56. The van der Waals surface area contributed by atoms with Crippen molar-refractivity contribution in [1.82, 2.24) is 4.98 Å². The molecular weight excluding hydrogens is 423 g/mol. The molecule has 0 saturated heterocycles. The second kappa shape index (κ2) is 8.17. The van der Waals surface area contributed by atoms with E-state index >= 15 is 0 Å². The molecule has 0 unspecified atom stereocenters. The minimum Gasteiger partial charge on any atom is -0.370 e. The van der Waals surface area contributed by atoms with Crippen LogP contribution in [0.15, 0.2) is 41.5 Å². The molecule has 3 N–H and O–H groups in total. The Balaban J connectivity index is 0.00000225. The molecular formula is C20H27IN4. The fourth-order valence-electron chi connectivity index (χ4n) is 3.39. The molecule has 0 amide bonds. The van der Waals surface area contributed by atoms with Crippen LogP contribution < -0.4 is 11.1 Å². The molecule has 1 aliphatic carbocycles. The van der Waals surface area contributed by atoms with Crippen molar-refractivity contribution in [1.29, 1.82) is 0 Å². The van der Waals surface area contributed by atoms with Gasteiger partial charge in [-0.3, -0.25) is 9.98 Å². The summed E-state index contributed by atoms with van der Waals surface area (Å²) in [6.45, 7) is 6.97. The van der Waals surface area contributed by atoms with Crippen molar-refractivity contribution in [2.45, 2.75) is 45.4 Å². The van der Waals surface area contributed by atoms with E-state index in [0.717, 1.165) is 17.8 Å². The van der Waals surface area contributed by atoms with Gasteiger partial charge in [-0.05, 0) is 61.1 Å². The molecule has 0 radical (unpaired) electrons. The molecule has 134 valence electrons. The van der Waals surface area contributed by atoms with Crippen LogP contribution in [0.4, 0.5) is 5.69 Å². The van der Waals surface area contributed by atoms with Gasteiger partial charge >= 0.3 is 0 Å². The van der Waals surface area contributed by atoms with Gasteiger partial charge in [-0.2, -0.15) is 0 Å². The zero-order chi connectivity index (χ0) is 17.2. The fraction of sp³-hybridized carbons (Fsp3) is 0.400. The molecule has 25 heavy (non-hydrogen) atoms. The Morgan fingerprint density at radius 3 is 2.76 bits per heavy atom. The van der Waals surface area contributed by atoms with Gasteiger partial charge in [0.2, 0.25) is 0 Å². The molecule has 1 aromatic carbocycles. The predicted molar refractivity (Wildman–Crippen MR) is 116 cm³/mol. The number of pyridine rings is 1. The number of aliphatic imine (C=N–C) groups is 1. The summed E-state index contributed by atoms with van der Waals surface area (Å²) < 4.78 is 0. The maximum Gasteiger partial charge on any atom is 0.193 e. The highest BCUT2D eigenvalue weighted by Gasteiger charge is 2.23. The number of rotatable bonds is 4. The zero-order valence-corrected chi connectivity index (χ0v) is 17.5. The highest BCUT2D eigenvalue weighted by Crippen LogP contribution is 2.26. The minimum absolute atomic E-state index is 0. The lowest BCUT2D eigenvalue weighted by Crippen LogP contribution is -2.29. The van der Waals surface area contributed by atoms with Crippen LogP contribution in [-0.4, -0.2) is 17.5 Å². The SMILES string of the molecule is Cc1cccnc1C(C)(C)CN=C(N)Nc1ccc2c(c1)CCC2.I. The van der Waals surface area contributed by atoms with Gasteiger partial charge in [-0.15, -0.1) is 24.0 Å². The number of benzene rings is 1. The molecule has 1 aliphatic rings. The van der Waals surface area contributed by atoms with Crippen molar-refractivity contribution >= 4 is 35.6 Å². The summed E-state index contributed by atoms with van der Waals surface area (Å²) in [6.07, 6.45) is 5.44. The summed E-state index contributed by atoms with van der Waals surface area (Å²) in [7, 11) is 0. The van der Waals surface area contributed by atoms with Gasteiger partial charge in [0.05, 0.1) is 12.2 Å². The molecule has 0 spiro atoms. The highest BCUT2D eigenvalue weighted by molar-refractivity contribution is 14.0. The lowest BCUT2D eigenvalue weighted by Gasteiger charge is -2.23. The normalized spacial score (nSPS) is 14.0. The number of aromatic nitrogens is 1. The van der Waals surface area contributed by atoms with Crippen LogP contribution in [0.2, 0.25) is 0 Å². The number of fused-ring (bicyclic) bond motifs is 1. The first-order chi connectivity index (χ1) is 11.5. The van der Waals surface area contributed by atoms with E-state index in [1.54, 1.807) is 0 Å². The number of nitrogens with one attached hydrogen (secondary N) is 1. The van der Waals surface area contributed by atoms with E-state index in [2.05, 4.69) is 60.3 Å². The molecule has 1 heterocycles. The standard InChI is InChI=1S/C20H26N4.HI/c1-14-6-5-11-22-18(14)20(2,3)13-23-19(21)24-17-10-9-15-7-4-8-16(15)12-17;/h5-6,9-12H,4,7-8,13H2,1-3H3,(H3,21,23,24);1H. The van der Waals surface area contributed by atoms with Crippen molar-refractivity contribution in [3.63, 3.8) is 0 Å². The minimum atomic E-state index is -0.157. The summed E-state index contributed by atoms with van der Waals surface area (Å²) >= 11 is 0. The Morgan fingerprint density at radius 2 is 2.00 bits per heavy atom.